The maximum absolute atomic E-state index is 11.8. The summed E-state index contributed by atoms with van der Waals surface area (Å²) in [7, 11) is 1.65. The minimum atomic E-state index is -0.307. The molecule has 0 spiro atoms. The summed E-state index contributed by atoms with van der Waals surface area (Å²) in [5.41, 5.74) is 1.87. The van der Waals surface area contributed by atoms with Gasteiger partial charge in [-0.1, -0.05) is 17.7 Å². The van der Waals surface area contributed by atoms with Crippen molar-refractivity contribution in [1.82, 2.24) is 15.0 Å². The van der Waals surface area contributed by atoms with Crippen LogP contribution in [-0.4, -0.2) is 20.9 Å². The zero-order valence-electron chi connectivity index (χ0n) is 9.44. The molecule has 1 amide bonds. The normalized spacial score (nSPS) is 10.3. The fourth-order valence-corrected chi connectivity index (χ4v) is 1.50. The Balaban J connectivity index is 2.15. The predicted octanol–water partition coefficient (Wildman–Crippen LogP) is 2.03. The lowest BCUT2D eigenvalue weighted by Gasteiger charge is -2.04. The van der Waals surface area contributed by atoms with Crippen molar-refractivity contribution in [3.63, 3.8) is 0 Å². The van der Waals surface area contributed by atoms with E-state index in [4.69, 9.17) is 11.6 Å². The summed E-state index contributed by atoms with van der Waals surface area (Å²) in [5, 5.41) is 11.1. The smallest absolute Gasteiger partial charge is 0.277 e. The van der Waals surface area contributed by atoms with E-state index in [1.807, 2.05) is 13.0 Å². The van der Waals surface area contributed by atoms with Crippen LogP contribution < -0.4 is 5.32 Å². The number of hydrogen-bond donors (Lipinski definition) is 1. The minimum absolute atomic E-state index is 0.268. The van der Waals surface area contributed by atoms with Gasteiger partial charge in [-0.25, -0.2) is 0 Å². The van der Waals surface area contributed by atoms with Crippen LogP contribution in [0.1, 0.15) is 16.1 Å². The topological polar surface area (TPSA) is 59.8 Å². The van der Waals surface area contributed by atoms with E-state index in [2.05, 4.69) is 15.5 Å². The number of nitrogens with zero attached hydrogens (tertiary/aromatic N) is 3. The van der Waals surface area contributed by atoms with Crippen molar-refractivity contribution in [3.05, 3.63) is 40.7 Å². The number of hydrogen-bond acceptors (Lipinski definition) is 3. The third kappa shape index (κ3) is 2.62. The van der Waals surface area contributed by atoms with Crippen LogP contribution in [0.2, 0.25) is 5.02 Å². The molecule has 1 aromatic carbocycles. The van der Waals surface area contributed by atoms with Crippen molar-refractivity contribution in [2.24, 2.45) is 7.05 Å². The number of aromatic nitrogens is 3. The average Bonchev–Trinajstić information content (AvgIpc) is 2.70. The second kappa shape index (κ2) is 4.55. The number of benzene rings is 1. The van der Waals surface area contributed by atoms with Gasteiger partial charge in [0.15, 0.2) is 5.69 Å². The Hall–Kier alpha value is -1.88. The second-order valence-corrected chi connectivity index (χ2v) is 4.04. The molecule has 0 aliphatic heterocycles. The third-order valence-corrected chi connectivity index (χ3v) is 2.67. The van der Waals surface area contributed by atoms with Crippen molar-refractivity contribution in [1.29, 1.82) is 0 Å². The van der Waals surface area contributed by atoms with E-state index in [1.165, 1.54) is 11.0 Å². The van der Waals surface area contributed by atoms with Crippen molar-refractivity contribution >= 4 is 23.2 Å². The number of halogens is 1. The molecule has 0 saturated carbocycles. The van der Waals surface area contributed by atoms with Crippen LogP contribution in [0.3, 0.4) is 0 Å². The number of nitrogens with one attached hydrogen (secondary N) is 1. The first-order valence-corrected chi connectivity index (χ1v) is 5.38. The first-order valence-electron chi connectivity index (χ1n) is 5.00. The van der Waals surface area contributed by atoms with Gasteiger partial charge >= 0.3 is 0 Å². The molecule has 2 aromatic rings. The molecule has 5 nitrogen and oxygen atoms in total. The lowest BCUT2D eigenvalue weighted by Crippen LogP contribution is -2.13. The van der Waals surface area contributed by atoms with Gasteiger partial charge in [0.1, 0.15) is 0 Å². The lowest BCUT2D eigenvalue weighted by atomic mass is 10.2. The van der Waals surface area contributed by atoms with Crippen molar-refractivity contribution in [3.8, 4) is 0 Å². The van der Waals surface area contributed by atoms with Gasteiger partial charge in [-0.05, 0) is 24.6 Å². The maximum Gasteiger partial charge on any atom is 0.277 e. The van der Waals surface area contributed by atoms with Gasteiger partial charge in [0.25, 0.3) is 5.91 Å². The highest BCUT2D eigenvalue weighted by Gasteiger charge is 2.10. The van der Waals surface area contributed by atoms with Gasteiger partial charge < -0.3 is 5.32 Å². The molecule has 0 atom stereocenters. The zero-order valence-corrected chi connectivity index (χ0v) is 10.2. The molecule has 0 bridgehead atoms. The van der Waals surface area contributed by atoms with Gasteiger partial charge in [-0.2, -0.15) is 9.90 Å². The molecule has 17 heavy (non-hydrogen) atoms. The predicted molar refractivity (Wildman–Crippen MR) is 65.1 cm³/mol. The molecule has 2 rings (SSSR count). The molecule has 0 aliphatic carbocycles. The molecule has 0 saturated heterocycles. The molecule has 0 aliphatic rings. The van der Waals surface area contributed by atoms with Crippen LogP contribution in [0, 0.1) is 6.92 Å². The van der Waals surface area contributed by atoms with Crippen molar-refractivity contribution in [2.75, 3.05) is 5.32 Å². The molecule has 6 heteroatoms. The highest BCUT2D eigenvalue weighted by molar-refractivity contribution is 6.31. The van der Waals surface area contributed by atoms with E-state index in [9.17, 15) is 4.79 Å². The van der Waals surface area contributed by atoms with E-state index in [0.29, 0.717) is 10.7 Å². The number of rotatable bonds is 2. The molecule has 88 valence electrons. The Bertz CT molecular complexity index is 564. The number of amides is 1. The zero-order chi connectivity index (χ0) is 12.4. The van der Waals surface area contributed by atoms with E-state index in [1.54, 1.807) is 19.2 Å². The fraction of sp³-hybridized carbons (Fsp3) is 0.182. The Labute approximate surface area is 103 Å². The third-order valence-electron chi connectivity index (χ3n) is 2.26. The molecular weight excluding hydrogens is 240 g/mol. The molecule has 1 aromatic heterocycles. The Morgan fingerprint density at radius 1 is 1.47 bits per heavy atom. The first-order chi connectivity index (χ1) is 8.06. The second-order valence-electron chi connectivity index (χ2n) is 3.64. The Morgan fingerprint density at radius 3 is 2.82 bits per heavy atom. The van der Waals surface area contributed by atoms with Crippen molar-refractivity contribution in [2.45, 2.75) is 6.92 Å². The Kier molecular flexibility index (Phi) is 3.10. The number of aryl methyl sites for hydroxylation is 2. The van der Waals surface area contributed by atoms with Crippen LogP contribution in [0.5, 0.6) is 0 Å². The quantitative estimate of drug-likeness (QED) is 0.887. The van der Waals surface area contributed by atoms with Gasteiger partial charge in [-0.15, -0.1) is 5.10 Å². The van der Waals surface area contributed by atoms with Gasteiger partial charge in [0.2, 0.25) is 0 Å². The molecule has 0 radical (unpaired) electrons. The summed E-state index contributed by atoms with van der Waals surface area (Å²) in [5.74, 6) is -0.307. The van der Waals surface area contributed by atoms with Gasteiger partial charge in [0, 0.05) is 17.8 Å². The van der Waals surface area contributed by atoms with Crippen LogP contribution in [0.4, 0.5) is 5.69 Å². The van der Waals surface area contributed by atoms with Crippen molar-refractivity contribution < 1.29 is 4.79 Å². The van der Waals surface area contributed by atoms with E-state index in [0.717, 1.165) is 5.56 Å². The highest BCUT2D eigenvalue weighted by atomic mass is 35.5. The molecule has 1 heterocycles. The summed E-state index contributed by atoms with van der Waals surface area (Å²) in [6, 6.07) is 5.33. The summed E-state index contributed by atoms with van der Waals surface area (Å²) < 4.78 is 0. The fourth-order valence-electron chi connectivity index (χ4n) is 1.32. The number of anilines is 1. The van der Waals surface area contributed by atoms with E-state index >= 15 is 0 Å². The first kappa shape index (κ1) is 11.6. The summed E-state index contributed by atoms with van der Waals surface area (Å²) >= 11 is 5.96. The molecule has 1 N–H and O–H groups in total. The lowest BCUT2D eigenvalue weighted by molar-refractivity contribution is 0.102. The molecule has 0 unspecified atom stereocenters. The average molecular weight is 251 g/mol. The summed E-state index contributed by atoms with van der Waals surface area (Å²) in [4.78, 5) is 13.1. The van der Waals surface area contributed by atoms with E-state index < -0.39 is 0 Å². The number of carbonyl (C=O) groups is 1. The number of carbonyl (C=O) groups excluding carboxylic acids is 1. The van der Waals surface area contributed by atoms with E-state index in [-0.39, 0.29) is 11.6 Å². The molecular formula is C11H11ClN4O. The van der Waals surface area contributed by atoms with Crippen LogP contribution in [0.25, 0.3) is 0 Å². The maximum atomic E-state index is 11.8. The van der Waals surface area contributed by atoms with Crippen LogP contribution in [-0.2, 0) is 7.05 Å². The van der Waals surface area contributed by atoms with Gasteiger partial charge in [0.05, 0.1) is 6.20 Å². The standard InChI is InChI=1S/C11H11ClN4O/c1-7-3-4-8(5-9(7)12)14-11(17)10-6-13-16(2)15-10/h3-6H,1-2H3,(H,14,17). The Morgan fingerprint density at radius 2 is 2.24 bits per heavy atom. The minimum Gasteiger partial charge on any atom is -0.320 e. The highest BCUT2D eigenvalue weighted by Crippen LogP contribution is 2.20. The van der Waals surface area contributed by atoms with Crippen LogP contribution in [0.15, 0.2) is 24.4 Å². The van der Waals surface area contributed by atoms with Gasteiger partial charge in [-0.3, -0.25) is 4.79 Å². The SMILES string of the molecule is Cc1ccc(NC(=O)c2cnn(C)n2)cc1Cl. The largest absolute Gasteiger partial charge is 0.320 e. The summed E-state index contributed by atoms with van der Waals surface area (Å²) in [6.45, 7) is 1.90. The molecule has 0 fully saturated rings. The summed E-state index contributed by atoms with van der Waals surface area (Å²) in [6.07, 6.45) is 1.41. The monoisotopic (exact) mass is 250 g/mol. The van der Waals surface area contributed by atoms with Crippen LogP contribution >= 0.6 is 11.6 Å².